The molecule has 0 spiro atoms. The molecule has 0 radical (unpaired) electrons. The molecule has 0 unspecified atom stereocenters. The van der Waals surface area contributed by atoms with Crippen LogP contribution in [-0.4, -0.2) is 43.2 Å². The molecule has 13 heavy (non-hydrogen) atoms. The second-order valence-corrected chi connectivity index (χ2v) is 5.08. The Labute approximate surface area is 82.7 Å². The molecule has 0 saturated carbocycles. The van der Waals surface area contributed by atoms with Gasteiger partial charge in [-0.2, -0.15) is 0 Å². The molecule has 0 aromatic heterocycles. The number of nitrogens with two attached hydrogens (primary N) is 1. The Balaban J connectivity index is 3.90. The standard InChI is InChI=1S/C10H25N3/c1-9(2,11)10(3,4)12-7-8-13(5)6/h12H,7-8,11H2,1-6H3. The summed E-state index contributed by atoms with van der Waals surface area (Å²) in [6.45, 7) is 10.4. The van der Waals surface area contributed by atoms with E-state index in [1.807, 2.05) is 0 Å². The second-order valence-electron chi connectivity index (χ2n) is 5.08. The van der Waals surface area contributed by atoms with Gasteiger partial charge < -0.3 is 16.0 Å². The van der Waals surface area contributed by atoms with Gasteiger partial charge in [0.2, 0.25) is 0 Å². The van der Waals surface area contributed by atoms with E-state index in [4.69, 9.17) is 5.73 Å². The van der Waals surface area contributed by atoms with Crippen LogP contribution in [-0.2, 0) is 0 Å². The van der Waals surface area contributed by atoms with Crippen LogP contribution in [0.3, 0.4) is 0 Å². The van der Waals surface area contributed by atoms with E-state index in [-0.39, 0.29) is 11.1 Å². The highest BCUT2D eigenvalue weighted by Gasteiger charge is 2.32. The Hall–Kier alpha value is -0.120. The number of nitrogens with one attached hydrogen (secondary N) is 1. The van der Waals surface area contributed by atoms with Gasteiger partial charge in [-0.1, -0.05) is 0 Å². The number of hydrogen-bond acceptors (Lipinski definition) is 3. The summed E-state index contributed by atoms with van der Waals surface area (Å²) in [7, 11) is 4.14. The lowest BCUT2D eigenvalue weighted by molar-refractivity contribution is 0.233. The minimum Gasteiger partial charge on any atom is -0.324 e. The van der Waals surface area contributed by atoms with E-state index in [0.717, 1.165) is 13.1 Å². The largest absolute Gasteiger partial charge is 0.324 e. The predicted molar refractivity (Wildman–Crippen MR) is 58.9 cm³/mol. The van der Waals surface area contributed by atoms with Crippen molar-refractivity contribution < 1.29 is 0 Å². The molecular weight excluding hydrogens is 162 g/mol. The van der Waals surface area contributed by atoms with E-state index in [0.29, 0.717) is 0 Å². The van der Waals surface area contributed by atoms with Gasteiger partial charge in [0, 0.05) is 24.2 Å². The zero-order valence-electron chi connectivity index (χ0n) is 9.94. The van der Waals surface area contributed by atoms with Crippen LogP contribution in [0.4, 0.5) is 0 Å². The lowest BCUT2D eigenvalue weighted by Crippen LogP contribution is -2.61. The molecule has 0 bridgehead atoms. The summed E-state index contributed by atoms with van der Waals surface area (Å²) in [6, 6.07) is 0. The summed E-state index contributed by atoms with van der Waals surface area (Å²) in [4.78, 5) is 2.16. The first-order valence-electron chi connectivity index (χ1n) is 4.85. The van der Waals surface area contributed by atoms with Crippen molar-refractivity contribution in [3.05, 3.63) is 0 Å². The van der Waals surface area contributed by atoms with Gasteiger partial charge in [0.15, 0.2) is 0 Å². The van der Waals surface area contributed by atoms with E-state index < -0.39 is 0 Å². The average molecular weight is 187 g/mol. The summed E-state index contributed by atoms with van der Waals surface area (Å²) in [5, 5.41) is 3.46. The summed E-state index contributed by atoms with van der Waals surface area (Å²) in [5.74, 6) is 0. The average Bonchev–Trinajstić information content (AvgIpc) is 1.82. The third kappa shape index (κ3) is 4.60. The highest BCUT2D eigenvalue weighted by Crippen LogP contribution is 2.17. The van der Waals surface area contributed by atoms with Crippen LogP contribution >= 0.6 is 0 Å². The quantitative estimate of drug-likeness (QED) is 0.664. The highest BCUT2D eigenvalue weighted by atomic mass is 15.1. The van der Waals surface area contributed by atoms with Gasteiger partial charge in [-0.15, -0.1) is 0 Å². The first-order chi connectivity index (χ1) is 5.67. The minimum atomic E-state index is -0.195. The van der Waals surface area contributed by atoms with Gasteiger partial charge in [-0.3, -0.25) is 0 Å². The van der Waals surface area contributed by atoms with E-state index >= 15 is 0 Å². The molecular formula is C10H25N3. The van der Waals surface area contributed by atoms with E-state index in [1.165, 1.54) is 0 Å². The normalized spacial score (nSPS) is 13.8. The van der Waals surface area contributed by atoms with Crippen LogP contribution in [0.25, 0.3) is 0 Å². The van der Waals surface area contributed by atoms with Crippen molar-refractivity contribution in [1.29, 1.82) is 0 Å². The molecule has 0 aliphatic carbocycles. The Morgan fingerprint density at radius 1 is 1.15 bits per heavy atom. The van der Waals surface area contributed by atoms with Crippen molar-refractivity contribution >= 4 is 0 Å². The molecule has 3 heteroatoms. The summed E-state index contributed by atoms with van der Waals surface area (Å²) in [6.07, 6.45) is 0. The fourth-order valence-corrected chi connectivity index (χ4v) is 0.820. The maximum atomic E-state index is 6.05. The van der Waals surface area contributed by atoms with Crippen LogP contribution in [0.5, 0.6) is 0 Å². The summed E-state index contributed by atoms with van der Waals surface area (Å²) < 4.78 is 0. The molecule has 80 valence electrons. The molecule has 3 N–H and O–H groups in total. The molecule has 0 atom stereocenters. The van der Waals surface area contributed by atoms with Gasteiger partial charge in [0.25, 0.3) is 0 Å². The molecule has 0 heterocycles. The first kappa shape index (κ1) is 12.9. The number of rotatable bonds is 5. The molecule has 0 fully saturated rings. The molecule has 0 aromatic carbocycles. The summed E-state index contributed by atoms with van der Waals surface area (Å²) in [5.41, 5.74) is 5.83. The third-order valence-corrected chi connectivity index (χ3v) is 2.74. The second kappa shape index (κ2) is 4.40. The predicted octanol–water partition coefficient (Wildman–Crippen LogP) is 0.654. The molecule has 0 amide bonds. The molecule has 0 aliphatic rings. The molecule has 0 saturated heterocycles. The number of hydrogen-bond donors (Lipinski definition) is 2. The van der Waals surface area contributed by atoms with Gasteiger partial charge in [-0.05, 0) is 41.8 Å². The fourth-order valence-electron chi connectivity index (χ4n) is 0.820. The van der Waals surface area contributed by atoms with Gasteiger partial charge in [0.1, 0.15) is 0 Å². The van der Waals surface area contributed by atoms with E-state index in [1.54, 1.807) is 0 Å². The van der Waals surface area contributed by atoms with Gasteiger partial charge in [-0.25, -0.2) is 0 Å². The third-order valence-electron chi connectivity index (χ3n) is 2.74. The topological polar surface area (TPSA) is 41.3 Å². The smallest absolute Gasteiger partial charge is 0.0300 e. The molecule has 3 nitrogen and oxygen atoms in total. The van der Waals surface area contributed by atoms with Crippen molar-refractivity contribution in [1.82, 2.24) is 10.2 Å². The Morgan fingerprint density at radius 3 is 1.92 bits per heavy atom. The van der Waals surface area contributed by atoms with Crippen molar-refractivity contribution in [2.75, 3.05) is 27.2 Å². The monoisotopic (exact) mass is 187 g/mol. The van der Waals surface area contributed by atoms with E-state index in [2.05, 4.69) is 52.0 Å². The maximum absolute atomic E-state index is 6.05. The summed E-state index contributed by atoms with van der Waals surface area (Å²) >= 11 is 0. The van der Waals surface area contributed by atoms with Crippen molar-refractivity contribution in [2.24, 2.45) is 5.73 Å². The zero-order valence-corrected chi connectivity index (χ0v) is 9.94. The van der Waals surface area contributed by atoms with Crippen LogP contribution < -0.4 is 11.1 Å². The first-order valence-corrected chi connectivity index (χ1v) is 4.85. The van der Waals surface area contributed by atoms with Crippen LogP contribution in [0.15, 0.2) is 0 Å². The zero-order chi connectivity index (χ0) is 10.7. The van der Waals surface area contributed by atoms with Crippen molar-refractivity contribution in [2.45, 2.75) is 38.8 Å². The number of likely N-dealkylation sites (N-methyl/N-ethyl adjacent to an activating group) is 1. The van der Waals surface area contributed by atoms with E-state index in [9.17, 15) is 0 Å². The Bertz CT molecular complexity index is 145. The van der Waals surface area contributed by atoms with Gasteiger partial charge >= 0.3 is 0 Å². The molecule has 0 aliphatic heterocycles. The molecule has 0 aromatic rings. The van der Waals surface area contributed by atoms with Crippen molar-refractivity contribution in [3.63, 3.8) is 0 Å². The SMILES string of the molecule is CN(C)CCNC(C)(C)C(C)(C)N. The Kier molecular flexibility index (Phi) is 4.36. The Morgan fingerprint density at radius 2 is 1.62 bits per heavy atom. The fraction of sp³-hybridized carbons (Fsp3) is 1.00. The van der Waals surface area contributed by atoms with Crippen LogP contribution in [0.1, 0.15) is 27.7 Å². The highest BCUT2D eigenvalue weighted by molar-refractivity contribution is 4.97. The minimum absolute atomic E-state index is 0.0248. The maximum Gasteiger partial charge on any atom is 0.0300 e. The molecule has 0 rings (SSSR count). The van der Waals surface area contributed by atoms with Crippen molar-refractivity contribution in [3.8, 4) is 0 Å². The van der Waals surface area contributed by atoms with Crippen LogP contribution in [0.2, 0.25) is 0 Å². The van der Waals surface area contributed by atoms with Crippen LogP contribution in [0, 0.1) is 0 Å². The lowest BCUT2D eigenvalue weighted by Gasteiger charge is -2.39. The number of nitrogens with zero attached hydrogens (tertiary/aromatic N) is 1. The lowest BCUT2D eigenvalue weighted by atomic mass is 9.83. The van der Waals surface area contributed by atoms with Gasteiger partial charge in [0.05, 0.1) is 0 Å².